The number of aliphatic hydroxyl groups excluding tert-OH is 2. The maximum absolute atomic E-state index is 12.2. The molecule has 0 amide bonds. The summed E-state index contributed by atoms with van der Waals surface area (Å²) in [6.07, 6.45) is -3.12. The number of nitrogen functional groups attached to an aromatic ring is 1. The number of ether oxygens (including phenoxy) is 3. The fourth-order valence-electron chi connectivity index (χ4n) is 3.25. The Balaban J connectivity index is 1.61. The lowest BCUT2D eigenvalue weighted by Gasteiger charge is -2.25. The summed E-state index contributed by atoms with van der Waals surface area (Å²) in [7, 11) is 0. The molecule has 168 valence electrons. The summed E-state index contributed by atoms with van der Waals surface area (Å²) < 4.78 is 18.1. The number of nitrogens with two attached hydrogens (primary N) is 1. The minimum atomic E-state index is -1.21. The number of nitro groups is 1. The third-order valence-corrected chi connectivity index (χ3v) is 4.86. The fraction of sp³-hybridized carbons (Fsp3) is 0.474. The van der Waals surface area contributed by atoms with E-state index in [4.69, 9.17) is 19.9 Å². The summed E-state index contributed by atoms with van der Waals surface area (Å²) in [5.74, 6) is 0.0407. The number of aromatic nitrogens is 2. The predicted octanol–water partition coefficient (Wildman–Crippen LogP) is -0.0252. The second kappa shape index (κ2) is 9.94. The molecular weight excluding hydrogens is 412 g/mol. The first kappa shape index (κ1) is 22.8. The number of hydrogen-bond acceptors (Lipinski definition) is 10. The van der Waals surface area contributed by atoms with Crippen molar-refractivity contribution in [2.45, 2.75) is 44.2 Å². The number of hydrogen-bond donors (Lipinski definition) is 3. The highest BCUT2D eigenvalue weighted by Crippen LogP contribution is 2.31. The van der Waals surface area contributed by atoms with E-state index in [0.29, 0.717) is 6.42 Å². The first-order valence-electron chi connectivity index (χ1n) is 9.59. The van der Waals surface area contributed by atoms with E-state index in [0.717, 1.165) is 10.1 Å². The Morgan fingerprint density at radius 2 is 2.06 bits per heavy atom. The normalized spacial score (nSPS) is 24.2. The summed E-state index contributed by atoms with van der Waals surface area (Å²) in [6.45, 7) is 1.40. The topological polar surface area (TPSA) is 172 Å². The molecule has 12 nitrogen and oxygen atoms in total. The Kier molecular flexibility index (Phi) is 7.30. The van der Waals surface area contributed by atoms with Gasteiger partial charge in [0.1, 0.15) is 24.1 Å². The van der Waals surface area contributed by atoms with Crippen molar-refractivity contribution in [1.29, 1.82) is 0 Å². The third kappa shape index (κ3) is 5.42. The molecule has 2 aromatic rings. The van der Waals surface area contributed by atoms with E-state index < -0.39 is 48.0 Å². The van der Waals surface area contributed by atoms with Gasteiger partial charge in [-0.3, -0.25) is 14.7 Å². The van der Waals surface area contributed by atoms with Crippen LogP contribution in [0.15, 0.2) is 41.3 Å². The Morgan fingerprint density at radius 1 is 1.35 bits per heavy atom. The molecule has 5 atom stereocenters. The minimum Gasteiger partial charge on any atom is -0.394 e. The summed E-state index contributed by atoms with van der Waals surface area (Å²) in [5.41, 5.74) is 5.68. The molecular formula is C19H24N4O8. The van der Waals surface area contributed by atoms with Crippen LogP contribution in [0.2, 0.25) is 0 Å². The summed E-state index contributed by atoms with van der Waals surface area (Å²) >= 11 is 0. The minimum absolute atomic E-state index is 0.00784. The van der Waals surface area contributed by atoms with E-state index in [2.05, 4.69) is 4.98 Å². The van der Waals surface area contributed by atoms with Crippen LogP contribution in [0.25, 0.3) is 0 Å². The molecule has 1 saturated heterocycles. The van der Waals surface area contributed by atoms with Gasteiger partial charge in [-0.1, -0.05) is 12.1 Å². The van der Waals surface area contributed by atoms with Crippen molar-refractivity contribution < 1.29 is 29.3 Å². The van der Waals surface area contributed by atoms with Gasteiger partial charge < -0.3 is 30.2 Å². The smallest absolute Gasteiger partial charge is 0.351 e. The van der Waals surface area contributed by atoms with E-state index in [-0.39, 0.29) is 18.1 Å². The molecule has 12 heteroatoms. The average molecular weight is 436 g/mol. The number of anilines is 1. The van der Waals surface area contributed by atoms with Crippen molar-refractivity contribution in [2.75, 3.05) is 18.9 Å². The van der Waals surface area contributed by atoms with Gasteiger partial charge in [0.25, 0.3) is 5.69 Å². The largest absolute Gasteiger partial charge is 0.394 e. The SMILES string of the molecule is CC(OCCc1ccc([N+](=O)[O-])cc1)O[C@@H]1[C@H](O)[C@@H](CO)O[C@H]1n1ccc(N)nc1=O. The van der Waals surface area contributed by atoms with E-state index >= 15 is 0 Å². The van der Waals surface area contributed by atoms with Crippen LogP contribution in [0.5, 0.6) is 0 Å². The van der Waals surface area contributed by atoms with Gasteiger partial charge in [0, 0.05) is 18.3 Å². The van der Waals surface area contributed by atoms with Crippen LogP contribution in [0.3, 0.4) is 0 Å². The molecule has 0 bridgehead atoms. The van der Waals surface area contributed by atoms with E-state index in [1.165, 1.54) is 24.4 Å². The Hall–Kier alpha value is -2.90. The van der Waals surface area contributed by atoms with Crippen LogP contribution < -0.4 is 11.4 Å². The molecule has 31 heavy (non-hydrogen) atoms. The second-order valence-electron chi connectivity index (χ2n) is 6.99. The fourth-order valence-corrected chi connectivity index (χ4v) is 3.25. The Bertz CT molecular complexity index is 951. The monoisotopic (exact) mass is 436 g/mol. The molecule has 0 spiro atoms. The zero-order valence-electron chi connectivity index (χ0n) is 16.7. The van der Waals surface area contributed by atoms with Gasteiger partial charge in [0.05, 0.1) is 18.1 Å². The molecule has 0 radical (unpaired) electrons. The molecule has 2 heterocycles. The third-order valence-electron chi connectivity index (χ3n) is 4.86. The van der Waals surface area contributed by atoms with E-state index in [1.54, 1.807) is 19.1 Å². The van der Waals surface area contributed by atoms with Gasteiger partial charge >= 0.3 is 5.69 Å². The van der Waals surface area contributed by atoms with Crippen molar-refractivity contribution in [3.05, 3.63) is 62.7 Å². The van der Waals surface area contributed by atoms with Gasteiger partial charge in [0.2, 0.25) is 0 Å². The maximum Gasteiger partial charge on any atom is 0.351 e. The van der Waals surface area contributed by atoms with Crippen LogP contribution >= 0.6 is 0 Å². The molecule has 4 N–H and O–H groups in total. The number of aliphatic hydroxyl groups is 2. The van der Waals surface area contributed by atoms with Crippen LogP contribution in [0.4, 0.5) is 11.5 Å². The van der Waals surface area contributed by atoms with Crippen molar-refractivity contribution in [2.24, 2.45) is 0 Å². The highest BCUT2D eigenvalue weighted by Gasteiger charge is 2.46. The highest BCUT2D eigenvalue weighted by atomic mass is 16.7. The molecule has 1 fully saturated rings. The van der Waals surface area contributed by atoms with Crippen molar-refractivity contribution in [1.82, 2.24) is 9.55 Å². The quantitative estimate of drug-likeness (QED) is 0.275. The van der Waals surface area contributed by atoms with Crippen LogP contribution in [-0.4, -0.2) is 62.5 Å². The molecule has 1 unspecified atom stereocenters. The molecule has 1 aromatic carbocycles. The standard InChI is InChI=1S/C19H24N4O8/c1-11(29-9-7-12-2-4-13(5-3-12)23(27)28)30-17-16(25)14(10-24)31-18(17)22-8-6-15(20)21-19(22)26/h2-6,8,11,14,16-18,24-25H,7,9-10H2,1H3,(H2,20,21,26)/t11?,14-,16-,17-,18-/m1/s1. The lowest BCUT2D eigenvalue weighted by Crippen LogP contribution is -2.40. The number of benzene rings is 1. The molecule has 1 aliphatic rings. The first-order valence-corrected chi connectivity index (χ1v) is 9.59. The summed E-state index contributed by atoms with van der Waals surface area (Å²) in [6, 6.07) is 7.53. The average Bonchev–Trinajstić information content (AvgIpc) is 3.03. The zero-order valence-corrected chi connectivity index (χ0v) is 16.7. The van der Waals surface area contributed by atoms with Crippen molar-refractivity contribution in [3.8, 4) is 0 Å². The Morgan fingerprint density at radius 3 is 2.68 bits per heavy atom. The number of rotatable bonds is 9. The second-order valence-corrected chi connectivity index (χ2v) is 6.99. The van der Waals surface area contributed by atoms with Crippen molar-refractivity contribution >= 4 is 11.5 Å². The molecule has 0 saturated carbocycles. The van der Waals surface area contributed by atoms with Crippen molar-refractivity contribution in [3.63, 3.8) is 0 Å². The molecule has 1 aliphatic heterocycles. The lowest BCUT2D eigenvalue weighted by atomic mass is 10.1. The first-order chi connectivity index (χ1) is 14.8. The predicted molar refractivity (Wildman–Crippen MR) is 107 cm³/mol. The maximum atomic E-state index is 12.2. The van der Waals surface area contributed by atoms with Gasteiger partial charge in [0.15, 0.2) is 12.5 Å². The van der Waals surface area contributed by atoms with Gasteiger partial charge in [-0.25, -0.2) is 4.79 Å². The number of nitro benzene ring substituents is 1. The van der Waals surface area contributed by atoms with Crippen LogP contribution in [0, 0.1) is 10.1 Å². The van der Waals surface area contributed by atoms with Gasteiger partial charge in [-0.05, 0) is 25.0 Å². The summed E-state index contributed by atoms with van der Waals surface area (Å²) in [5, 5.41) is 30.6. The van der Waals surface area contributed by atoms with Gasteiger partial charge in [-0.2, -0.15) is 4.98 Å². The molecule has 1 aromatic heterocycles. The molecule has 3 rings (SSSR count). The lowest BCUT2D eigenvalue weighted by molar-refractivity contribution is -0.384. The Labute approximate surface area is 176 Å². The summed E-state index contributed by atoms with van der Waals surface area (Å²) in [4.78, 5) is 26.0. The van der Waals surface area contributed by atoms with E-state index in [1.807, 2.05) is 0 Å². The zero-order chi connectivity index (χ0) is 22.5. The van der Waals surface area contributed by atoms with E-state index in [9.17, 15) is 25.1 Å². The number of non-ortho nitro benzene ring substituents is 1. The van der Waals surface area contributed by atoms with Crippen LogP contribution in [-0.2, 0) is 20.6 Å². The number of nitrogens with zero attached hydrogens (tertiary/aromatic N) is 3. The molecule has 0 aliphatic carbocycles. The highest BCUT2D eigenvalue weighted by molar-refractivity contribution is 5.32. The van der Waals surface area contributed by atoms with Gasteiger partial charge in [-0.15, -0.1) is 0 Å². The van der Waals surface area contributed by atoms with Crippen LogP contribution in [0.1, 0.15) is 18.7 Å².